The maximum absolute atomic E-state index is 12.1. The Hall–Kier alpha value is -2.44. The second kappa shape index (κ2) is 8.09. The van der Waals surface area contributed by atoms with Gasteiger partial charge in [0.2, 0.25) is 5.91 Å². The molecule has 2 rings (SSSR count). The Balaban J connectivity index is 2.07. The van der Waals surface area contributed by atoms with E-state index in [1.165, 1.54) is 30.0 Å². The van der Waals surface area contributed by atoms with Gasteiger partial charge in [-0.15, -0.1) is 0 Å². The molecule has 0 atom stereocenters. The first kappa shape index (κ1) is 18.9. The number of hydrogen-bond donors (Lipinski definition) is 1. The SMILES string of the molecule is Cc1cc(C)c(C#N)c(SCC(=O)Nc2ccc([N+](=O)[O-])cc2Br)n1. The highest BCUT2D eigenvalue weighted by Crippen LogP contribution is 2.28. The van der Waals surface area contributed by atoms with Gasteiger partial charge in [0, 0.05) is 22.3 Å². The number of carbonyl (C=O) groups is 1. The maximum atomic E-state index is 12.1. The Morgan fingerprint density at radius 1 is 1.44 bits per heavy atom. The first-order chi connectivity index (χ1) is 11.8. The highest BCUT2D eigenvalue weighted by molar-refractivity contribution is 9.10. The first-order valence-corrected chi connectivity index (χ1v) is 8.84. The van der Waals surface area contributed by atoms with Crippen molar-refractivity contribution in [3.05, 3.63) is 55.7 Å². The smallest absolute Gasteiger partial charge is 0.270 e. The maximum Gasteiger partial charge on any atom is 0.270 e. The van der Waals surface area contributed by atoms with Crippen LogP contribution in [0.15, 0.2) is 33.8 Å². The number of pyridine rings is 1. The lowest BCUT2D eigenvalue weighted by Gasteiger charge is -2.09. The summed E-state index contributed by atoms with van der Waals surface area (Å²) in [4.78, 5) is 26.6. The zero-order valence-electron chi connectivity index (χ0n) is 13.4. The Morgan fingerprint density at radius 2 is 2.16 bits per heavy atom. The number of halogens is 1. The van der Waals surface area contributed by atoms with E-state index in [4.69, 9.17) is 0 Å². The highest BCUT2D eigenvalue weighted by Gasteiger charge is 2.14. The second-order valence-electron chi connectivity index (χ2n) is 5.13. The Labute approximate surface area is 156 Å². The quantitative estimate of drug-likeness (QED) is 0.445. The fraction of sp³-hybridized carbons (Fsp3) is 0.188. The van der Waals surface area contributed by atoms with Gasteiger partial charge in [0.15, 0.2) is 0 Å². The Bertz CT molecular complexity index is 896. The van der Waals surface area contributed by atoms with E-state index < -0.39 is 4.92 Å². The van der Waals surface area contributed by atoms with Gasteiger partial charge in [0.25, 0.3) is 5.69 Å². The lowest BCUT2D eigenvalue weighted by atomic mass is 10.1. The molecule has 0 unspecified atom stereocenters. The molecule has 0 aliphatic carbocycles. The summed E-state index contributed by atoms with van der Waals surface area (Å²) in [5, 5.41) is 23.1. The average molecular weight is 421 g/mol. The topological polar surface area (TPSA) is 109 Å². The molecule has 0 bridgehead atoms. The van der Waals surface area contributed by atoms with Crippen LogP contribution >= 0.6 is 27.7 Å². The first-order valence-electron chi connectivity index (χ1n) is 7.06. The summed E-state index contributed by atoms with van der Waals surface area (Å²) in [6.45, 7) is 3.65. The van der Waals surface area contributed by atoms with Crippen molar-refractivity contribution in [1.29, 1.82) is 5.26 Å². The van der Waals surface area contributed by atoms with Crippen molar-refractivity contribution < 1.29 is 9.72 Å². The van der Waals surface area contributed by atoms with E-state index >= 15 is 0 Å². The molecule has 2 aromatic rings. The largest absolute Gasteiger partial charge is 0.324 e. The van der Waals surface area contributed by atoms with Crippen LogP contribution in [0.1, 0.15) is 16.8 Å². The number of benzene rings is 1. The molecule has 1 amide bonds. The van der Waals surface area contributed by atoms with Gasteiger partial charge in [-0.2, -0.15) is 5.26 Å². The monoisotopic (exact) mass is 420 g/mol. The molecular formula is C16H13BrN4O3S. The number of thioether (sulfide) groups is 1. The van der Waals surface area contributed by atoms with Crippen LogP contribution in [0.2, 0.25) is 0 Å². The van der Waals surface area contributed by atoms with Crippen molar-refractivity contribution in [3.8, 4) is 6.07 Å². The number of nitro groups is 1. The van der Waals surface area contributed by atoms with Gasteiger partial charge < -0.3 is 5.32 Å². The number of amides is 1. The molecule has 7 nitrogen and oxygen atoms in total. The molecule has 25 heavy (non-hydrogen) atoms. The third kappa shape index (κ3) is 4.78. The van der Waals surface area contributed by atoms with Crippen LogP contribution in [0.5, 0.6) is 0 Å². The summed E-state index contributed by atoms with van der Waals surface area (Å²) in [5.74, 6) is -0.238. The molecule has 0 saturated carbocycles. The number of carbonyl (C=O) groups excluding carboxylic acids is 1. The van der Waals surface area contributed by atoms with Gasteiger partial charge in [-0.25, -0.2) is 4.98 Å². The molecule has 0 radical (unpaired) electrons. The Kier molecular flexibility index (Phi) is 6.12. The summed E-state index contributed by atoms with van der Waals surface area (Å²) in [7, 11) is 0. The number of aromatic nitrogens is 1. The molecule has 0 fully saturated rings. The summed E-state index contributed by atoms with van der Waals surface area (Å²) in [6, 6.07) is 8.01. The van der Waals surface area contributed by atoms with Crippen molar-refractivity contribution in [3.63, 3.8) is 0 Å². The molecule has 1 aromatic carbocycles. The number of non-ortho nitro benzene ring substituents is 1. The average Bonchev–Trinajstić information content (AvgIpc) is 2.54. The molecule has 1 heterocycles. The second-order valence-corrected chi connectivity index (χ2v) is 6.95. The minimum Gasteiger partial charge on any atom is -0.324 e. The highest BCUT2D eigenvalue weighted by atomic mass is 79.9. The number of hydrogen-bond acceptors (Lipinski definition) is 6. The number of aryl methyl sites for hydroxylation is 2. The fourth-order valence-electron chi connectivity index (χ4n) is 2.08. The van der Waals surface area contributed by atoms with E-state index in [0.29, 0.717) is 20.7 Å². The minimum atomic E-state index is -0.513. The van der Waals surface area contributed by atoms with E-state index in [9.17, 15) is 20.2 Å². The summed E-state index contributed by atoms with van der Waals surface area (Å²) in [5.41, 5.74) is 2.41. The van der Waals surface area contributed by atoms with Gasteiger partial charge in [-0.1, -0.05) is 11.8 Å². The predicted octanol–water partition coefficient (Wildman–Crippen LogP) is 3.97. The lowest BCUT2D eigenvalue weighted by Crippen LogP contribution is -2.14. The molecular weight excluding hydrogens is 408 g/mol. The molecule has 0 spiro atoms. The molecule has 1 aromatic heterocycles. The van der Waals surface area contributed by atoms with Crippen molar-refractivity contribution in [1.82, 2.24) is 4.98 Å². The van der Waals surface area contributed by atoms with Crippen molar-refractivity contribution in [2.45, 2.75) is 18.9 Å². The van der Waals surface area contributed by atoms with Crippen molar-refractivity contribution >= 4 is 45.0 Å². The fourth-order valence-corrected chi connectivity index (χ4v) is 3.45. The third-order valence-corrected chi connectivity index (χ3v) is 4.83. The van der Waals surface area contributed by atoms with Gasteiger partial charge in [-0.05, 0) is 47.5 Å². The molecule has 128 valence electrons. The number of nitrogens with one attached hydrogen (secondary N) is 1. The number of nitrogens with zero attached hydrogens (tertiary/aromatic N) is 3. The Morgan fingerprint density at radius 3 is 2.76 bits per heavy atom. The van der Waals surface area contributed by atoms with Crippen LogP contribution in [0.25, 0.3) is 0 Å². The molecule has 0 saturated heterocycles. The summed E-state index contributed by atoms with van der Waals surface area (Å²) < 4.78 is 0.419. The van der Waals surface area contributed by atoms with Crippen molar-refractivity contribution in [2.75, 3.05) is 11.1 Å². The van der Waals surface area contributed by atoms with Crippen LogP contribution < -0.4 is 5.32 Å². The van der Waals surface area contributed by atoms with Crippen molar-refractivity contribution in [2.24, 2.45) is 0 Å². The van der Waals surface area contributed by atoms with Gasteiger partial charge in [-0.3, -0.25) is 14.9 Å². The van der Waals surface area contributed by atoms with Gasteiger partial charge >= 0.3 is 0 Å². The van der Waals surface area contributed by atoms with Crippen LogP contribution in [-0.4, -0.2) is 21.6 Å². The summed E-state index contributed by atoms with van der Waals surface area (Å²) in [6.07, 6.45) is 0. The van der Waals surface area contributed by atoms with Gasteiger partial charge in [0.1, 0.15) is 11.1 Å². The number of anilines is 1. The number of nitriles is 1. The lowest BCUT2D eigenvalue weighted by molar-refractivity contribution is -0.384. The standard InChI is InChI=1S/C16H13BrN4O3S/c1-9-5-10(2)19-16(12(9)7-18)25-8-15(22)20-14-4-3-11(21(23)24)6-13(14)17/h3-6H,8H2,1-2H3,(H,20,22). The van der Waals surface area contributed by atoms with Crippen LogP contribution in [0, 0.1) is 35.3 Å². The van der Waals surface area contributed by atoms with E-state index in [2.05, 4.69) is 32.3 Å². The molecule has 9 heteroatoms. The third-order valence-electron chi connectivity index (χ3n) is 3.20. The van der Waals surface area contributed by atoms with E-state index in [-0.39, 0.29) is 17.3 Å². The van der Waals surface area contributed by atoms with E-state index in [1.54, 1.807) is 0 Å². The zero-order chi connectivity index (χ0) is 18.6. The van der Waals surface area contributed by atoms with E-state index in [1.807, 2.05) is 19.9 Å². The normalized spacial score (nSPS) is 10.2. The predicted molar refractivity (Wildman–Crippen MR) is 98.6 cm³/mol. The van der Waals surface area contributed by atoms with E-state index in [0.717, 1.165) is 11.3 Å². The number of rotatable bonds is 5. The van der Waals surface area contributed by atoms with Crippen LogP contribution in [0.4, 0.5) is 11.4 Å². The van der Waals surface area contributed by atoms with Gasteiger partial charge in [0.05, 0.1) is 21.9 Å². The van der Waals surface area contributed by atoms with Crippen LogP contribution in [-0.2, 0) is 4.79 Å². The summed E-state index contributed by atoms with van der Waals surface area (Å²) >= 11 is 4.37. The van der Waals surface area contributed by atoms with Crippen LogP contribution in [0.3, 0.4) is 0 Å². The zero-order valence-corrected chi connectivity index (χ0v) is 15.8. The molecule has 0 aliphatic heterocycles. The molecule has 1 N–H and O–H groups in total. The number of nitro benzene ring substituents is 1. The minimum absolute atomic E-state index is 0.0635. The molecule has 0 aliphatic rings.